The first-order valence-electron chi connectivity index (χ1n) is 3.92. The lowest BCUT2D eigenvalue weighted by atomic mass is 10.3. The van der Waals surface area contributed by atoms with Gasteiger partial charge in [-0.3, -0.25) is 0 Å². The van der Waals surface area contributed by atoms with Crippen LogP contribution in [0.4, 0.5) is 0 Å². The molecule has 0 saturated heterocycles. The molecule has 0 aliphatic heterocycles. The van der Waals surface area contributed by atoms with E-state index >= 15 is 0 Å². The van der Waals surface area contributed by atoms with Gasteiger partial charge in [0.25, 0.3) is 0 Å². The molecule has 2 heterocycles. The number of halogens is 1. The van der Waals surface area contributed by atoms with Gasteiger partial charge in [-0.25, -0.2) is 4.98 Å². The molecule has 0 aliphatic carbocycles. The summed E-state index contributed by atoms with van der Waals surface area (Å²) in [5, 5.41) is 0.674. The van der Waals surface area contributed by atoms with Gasteiger partial charge in [0.2, 0.25) is 0 Å². The Hall–Kier alpha value is -1.02. The molecule has 0 aromatic carbocycles. The largest absolute Gasteiger partial charge is 0.304 e. The van der Waals surface area contributed by atoms with Gasteiger partial charge in [-0.1, -0.05) is 18.5 Å². The first kappa shape index (κ1) is 7.62. The molecular formula is C9H9ClN2. The smallest absolute Gasteiger partial charge is 0.136 e. The number of nitrogens with zero attached hydrogens (tertiary/aromatic N) is 2. The lowest BCUT2D eigenvalue weighted by Crippen LogP contribution is -1.91. The fraction of sp³-hybridized carbons (Fsp3) is 0.222. The van der Waals surface area contributed by atoms with Crippen LogP contribution >= 0.6 is 11.6 Å². The van der Waals surface area contributed by atoms with Gasteiger partial charge in [-0.2, -0.15) is 0 Å². The molecule has 2 rings (SSSR count). The van der Waals surface area contributed by atoms with Crippen LogP contribution in [0.2, 0.25) is 5.02 Å². The standard InChI is InChI=1S/C9H9ClN2/c1-2-8-3-4-9-11-5-7(10)6-12(8)9/h3-6H,2H2,1H3. The lowest BCUT2D eigenvalue weighted by Gasteiger charge is -1.98. The minimum Gasteiger partial charge on any atom is -0.304 e. The quantitative estimate of drug-likeness (QED) is 0.660. The Bertz CT molecular complexity index is 406. The van der Waals surface area contributed by atoms with E-state index in [1.807, 2.05) is 16.7 Å². The van der Waals surface area contributed by atoms with Gasteiger partial charge < -0.3 is 4.40 Å². The molecule has 0 aliphatic rings. The van der Waals surface area contributed by atoms with Gasteiger partial charge in [0.15, 0.2) is 0 Å². The summed E-state index contributed by atoms with van der Waals surface area (Å²) in [6.45, 7) is 2.11. The molecule has 3 heteroatoms. The lowest BCUT2D eigenvalue weighted by molar-refractivity contribution is 0.979. The zero-order chi connectivity index (χ0) is 8.55. The third-order valence-electron chi connectivity index (χ3n) is 1.92. The van der Waals surface area contributed by atoms with Crippen LogP contribution in [0.25, 0.3) is 5.65 Å². The summed E-state index contributed by atoms with van der Waals surface area (Å²) in [4.78, 5) is 4.18. The number of rotatable bonds is 1. The molecule has 0 N–H and O–H groups in total. The third-order valence-corrected chi connectivity index (χ3v) is 2.11. The van der Waals surface area contributed by atoms with Crippen LogP contribution in [-0.4, -0.2) is 9.38 Å². The molecule has 12 heavy (non-hydrogen) atoms. The van der Waals surface area contributed by atoms with Crippen molar-refractivity contribution in [2.75, 3.05) is 0 Å². The van der Waals surface area contributed by atoms with E-state index < -0.39 is 0 Å². The number of aromatic nitrogens is 2. The fourth-order valence-electron chi connectivity index (χ4n) is 1.31. The van der Waals surface area contributed by atoms with E-state index in [0.717, 1.165) is 12.1 Å². The molecule has 2 aromatic heterocycles. The molecule has 2 nitrogen and oxygen atoms in total. The van der Waals surface area contributed by atoms with Crippen LogP contribution in [0.1, 0.15) is 12.6 Å². The van der Waals surface area contributed by atoms with Crippen molar-refractivity contribution in [1.29, 1.82) is 0 Å². The maximum absolute atomic E-state index is 5.82. The van der Waals surface area contributed by atoms with Gasteiger partial charge >= 0.3 is 0 Å². The van der Waals surface area contributed by atoms with Crippen LogP contribution in [0, 0.1) is 0 Å². The second-order valence-electron chi connectivity index (χ2n) is 2.68. The Morgan fingerprint density at radius 2 is 2.33 bits per heavy atom. The highest BCUT2D eigenvalue weighted by atomic mass is 35.5. The van der Waals surface area contributed by atoms with Gasteiger partial charge in [-0.05, 0) is 18.6 Å². The van der Waals surface area contributed by atoms with Crippen molar-refractivity contribution in [2.24, 2.45) is 0 Å². The maximum atomic E-state index is 5.82. The molecule has 0 bridgehead atoms. The molecular weight excluding hydrogens is 172 g/mol. The predicted molar refractivity (Wildman–Crippen MR) is 49.6 cm³/mol. The van der Waals surface area contributed by atoms with Crippen molar-refractivity contribution in [2.45, 2.75) is 13.3 Å². The minimum atomic E-state index is 0.674. The predicted octanol–water partition coefficient (Wildman–Crippen LogP) is 2.55. The second kappa shape index (κ2) is 2.79. The SMILES string of the molecule is CCc1ccc2ncc(Cl)cn12. The highest BCUT2D eigenvalue weighted by Gasteiger charge is 1.99. The van der Waals surface area contributed by atoms with Crippen molar-refractivity contribution in [3.8, 4) is 0 Å². The molecule has 0 saturated carbocycles. The fourth-order valence-corrected chi connectivity index (χ4v) is 1.45. The molecule has 0 spiro atoms. The van der Waals surface area contributed by atoms with E-state index in [0.29, 0.717) is 5.02 Å². The number of hydrogen-bond acceptors (Lipinski definition) is 1. The number of fused-ring (bicyclic) bond motifs is 1. The average Bonchev–Trinajstić information content (AvgIpc) is 2.46. The summed E-state index contributed by atoms with van der Waals surface area (Å²) < 4.78 is 2.02. The summed E-state index contributed by atoms with van der Waals surface area (Å²) in [5.41, 5.74) is 2.19. The van der Waals surface area contributed by atoms with Crippen molar-refractivity contribution in [3.05, 3.63) is 35.2 Å². The van der Waals surface area contributed by atoms with Crippen molar-refractivity contribution >= 4 is 17.2 Å². The first-order chi connectivity index (χ1) is 5.81. The highest BCUT2D eigenvalue weighted by Crippen LogP contribution is 2.12. The normalized spacial score (nSPS) is 10.8. The van der Waals surface area contributed by atoms with E-state index in [2.05, 4.69) is 18.0 Å². The summed E-state index contributed by atoms with van der Waals surface area (Å²) in [6, 6.07) is 4.06. The molecule has 2 aromatic rings. The Balaban J connectivity index is 2.75. The van der Waals surface area contributed by atoms with Gasteiger partial charge in [0.1, 0.15) is 5.65 Å². The van der Waals surface area contributed by atoms with Crippen LogP contribution in [0.3, 0.4) is 0 Å². The van der Waals surface area contributed by atoms with Crippen molar-refractivity contribution < 1.29 is 0 Å². The topological polar surface area (TPSA) is 17.3 Å². The number of aryl methyl sites for hydroxylation is 1. The molecule has 0 atom stereocenters. The van der Waals surface area contributed by atoms with E-state index in [9.17, 15) is 0 Å². The van der Waals surface area contributed by atoms with E-state index in [-0.39, 0.29) is 0 Å². The summed E-state index contributed by atoms with van der Waals surface area (Å²) in [5.74, 6) is 0. The zero-order valence-electron chi connectivity index (χ0n) is 6.79. The highest BCUT2D eigenvalue weighted by molar-refractivity contribution is 6.30. The Kier molecular flexibility index (Phi) is 1.77. The third kappa shape index (κ3) is 1.08. The Morgan fingerprint density at radius 3 is 3.08 bits per heavy atom. The Labute approximate surface area is 75.8 Å². The molecule has 0 fully saturated rings. The van der Waals surface area contributed by atoms with E-state index in [1.54, 1.807) is 6.20 Å². The average molecular weight is 181 g/mol. The van der Waals surface area contributed by atoms with Crippen molar-refractivity contribution in [1.82, 2.24) is 9.38 Å². The molecule has 0 amide bonds. The molecule has 0 radical (unpaired) electrons. The van der Waals surface area contributed by atoms with Crippen LogP contribution in [0.5, 0.6) is 0 Å². The van der Waals surface area contributed by atoms with Crippen LogP contribution in [-0.2, 0) is 6.42 Å². The van der Waals surface area contributed by atoms with Crippen LogP contribution < -0.4 is 0 Å². The van der Waals surface area contributed by atoms with E-state index in [4.69, 9.17) is 11.6 Å². The van der Waals surface area contributed by atoms with E-state index in [1.165, 1.54) is 5.69 Å². The van der Waals surface area contributed by atoms with Crippen LogP contribution in [0.15, 0.2) is 24.5 Å². The summed E-state index contributed by atoms with van der Waals surface area (Å²) in [6.07, 6.45) is 4.55. The maximum Gasteiger partial charge on any atom is 0.136 e. The molecule has 0 unspecified atom stereocenters. The zero-order valence-corrected chi connectivity index (χ0v) is 7.54. The van der Waals surface area contributed by atoms with Gasteiger partial charge in [0.05, 0.1) is 5.02 Å². The summed E-state index contributed by atoms with van der Waals surface area (Å²) in [7, 11) is 0. The monoisotopic (exact) mass is 180 g/mol. The van der Waals surface area contributed by atoms with Gasteiger partial charge in [0, 0.05) is 18.1 Å². The first-order valence-corrected chi connectivity index (χ1v) is 4.30. The van der Waals surface area contributed by atoms with Gasteiger partial charge in [-0.15, -0.1) is 0 Å². The van der Waals surface area contributed by atoms with Crippen molar-refractivity contribution in [3.63, 3.8) is 0 Å². The second-order valence-corrected chi connectivity index (χ2v) is 3.12. The molecule has 62 valence electrons. The number of hydrogen-bond donors (Lipinski definition) is 0. The minimum absolute atomic E-state index is 0.674. The summed E-state index contributed by atoms with van der Waals surface area (Å²) >= 11 is 5.82. The Morgan fingerprint density at radius 1 is 1.50 bits per heavy atom.